The first-order chi connectivity index (χ1) is 7.74. The van der Waals surface area contributed by atoms with Gasteiger partial charge in [-0.05, 0) is 34.0 Å². The van der Waals surface area contributed by atoms with E-state index in [0.29, 0.717) is 0 Å². The van der Waals surface area contributed by atoms with Crippen molar-refractivity contribution in [2.24, 2.45) is 7.05 Å². The minimum Gasteiger partial charge on any atom is -0.383 e. The molecule has 0 unspecified atom stereocenters. The number of pyridine rings is 1. The minimum atomic E-state index is 0.879. The van der Waals surface area contributed by atoms with Crippen LogP contribution in [0.2, 0.25) is 0 Å². The number of rotatable bonds is 4. The fraction of sp³-hybridized carbons (Fsp3) is 0.273. The van der Waals surface area contributed by atoms with Gasteiger partial charge in [0.05, 0.1) is 18.1 Å². The second kappa shape index (κ2) is 5.12. The smallest absolute Gasteiger partial charge is 0.0538 e. The van der Waals surface area contributed by atoms with Crippen LogP contribution in [0.4, 0.5) is 5.69 Å². The van der Waals surface area contributed by atoms with Crippen molar-refractivity contribution >= 4 is 21.6 Å². The molecule has 0 radical (unpaired) electrons. The van der Waals surface area contributed by atoms with Crippen molar-refractivity contribution in [3.8, 4) is 0 Å². The van der Waals surface area contributed by atoms with Crippen molar-refractivity contribution in [3.05, 3.63) is 40.9 Å². The highest BCUT2D eigenvalue weighted by molar-refractivity contribution is 9.10. The van der Waals surface area contributed by atoms with Crippen LogP contribution in [0, 0.1) is 0 Å². The van der Waals surface area contributed by atoms with Crippen molar-refractivity contribution in [1.82, 2.24) is 14.8 Å². The summed E-state index contributed by atoms with van der Waals surface area (Å²) in [6.07, 6.45) is 8.46. The number of aryl methyl sites for hydroxylation is 1. The van der Waals surface area contributed by atoms with Crippen LogP contribution < -0.4 is 5.32 Å². The molecule has 0 saturated heterocycles. The summed E-state index contributed by atoms with van der Waals surface area (Å²) in [5.41, 5.74) is 2.26. The van der Waals surface area contributed by atoms with Gasteiger partial charge in [0.1, 0.15) is 0 Å². The standard InChI is InChI=1S/C11H13BrN4/c1-16-8-9(5-15-16)2-3-14-11-4-10(12)6-13-7-11/h4-8,14H,2-3H2,1H3. The van der Waals surface area contributed by atoms with Crippen LogP contribution in [0.5, 0.6) is 0 Å². The molecule has 2 aromatic heterocycles. The van der Waals surface area contributed by atoms with Gasteiger partial charge < -0.3 is 5.32 Å². The van der Waals surface area contributed by atoms with Gasteiger partial charge >= 0.3 is 0 Å². The molecule has 1 N–H and O–H groups in total. The van der Waals surface area contributed by atoms with Gasteiger partial charge in [-0.15, -0.1) is 0 Å². The lowest BCUT2D eigenvalue weighted by molar-refractivity contribution is 0.767. The van der Waals surface area contributed by atoms with E-state index >= 15 is 0 Å². The third kappa shape index (κ3) is 3.06. The van der Waals surface area contributed by atoms with Gasteiger partial charge in [0.15, 0.2) is 0 Å². The first kappa shape index (κ1) is 11.1. The molecule has 0 fully saturated rings. The Kier molecular flexibility index (Phi) is 3.56. The zero-order chi connectivity index (χ0) is 11.4. The molecule has 84 valence electrons. The normalized spacial score (nSPS) is 10.4. The van der Waals surface area contributed by atoms with Crippen LogP contribution in [0.3, 0.4) is 0 Å². The zero-order valence-corrected chi connectivity index (χ0v) is 10.6. The van der Waals surface area contributed by atoms with Gasteiger partial charge in [-0.25, -0.2) is 0 Å². The van der Waals surface area contributed by atoms with Crippen molar-refractivity contribution in [2.45, 2.75) is 6.42 Å². The van der Waals surface area contributed by atoms with Crippen molar-refractivity contribution in [3.63, 3.8) is 0 Å². The average molecular weight is 281 g/mol. The van der Waals surface area contributed by atoms with E-state index in [0.717, 1.165) is 23.1 Å². The lowest BCUT2D eigenvalue weighted by Gasteiger charge is -2.04. The van der Waals surface area contributed by atoms with E-state index in [1.807, 2.05) is 36.4 Å². The summed E-state index contributed by atoms with van der Waals surface area (Å²) in [5.74, 6) is 0. The second-order valence-corrected chi connectivity index (χ2v) is 4.51. The van der Waals surface area contributed by atoms with Crippen molar-refractivity contribution in [2.75, 3.05) is 11.9 Å². The predicted octanol–water partition coefficient (Wildman–Crippen LogP) is 2.23. The van der Waals surface area contributed by atoms with E-state index in [-0.39, 0.29) is 0 Å². The number of hydrogen-bond acceptors (Lipinski definition) is 3. The molecule has 4 nitrogen and oxygen atoms in total. The first-order valence-corrected chi connectivity index (χ1v) is 5.85. The molecule has 0 saturated carbocycles. The topological polar surface area (TPSA) is 42.7 Å². The molecular formula is C11H13BrN4. The van der Waals surface area contributed by atoms with Gasteiger partial charge in [0.2, 0.25) is 0 Å². The quantitative estimate of drug-likeness (QED) is 0.934. The molecule has 5 heteroatoms. The Hall–Kier alpha value is -1.36. The molecule has 16 heavy (non-hydrogen) atoms. The molecule has 0 aliphatic carbocycles. The number of nitrogens with one attached hydrogen (secondary N) is 1. The molecule has 0 aromatic carbocycles. The van der Waals surface area contributed by atoms with E-state index in [9.17, 15) is 0 Å². The third-order valence-corrected chi connectivity index (χ3v) is 2.64. The highest BCUT2D eigenvalue weighted by atomic mass is 79.9. The highest BCUT2D eigenvalue weighted by Gasteiger charge is 1.97. The monoisotopic (exact) mass is 280 g/mol. The van der Waals surface area contributed by atoms with Crippen molar-refractivity contribution in [1.29, 1.82) is 0 Å². The largest absolute Gasteiger partial charge is 0.383 e. The Bertz CT molecular complexity index is 467. The fourth-order valence-electron chi connectivity index (χ4n) is 1.46. The third-order valence-electron chi connectivity index (χ3n) is 2.21. The minimum absolute atomic E-state index is 0.879. The van der Waals surface area contributed by atoms with E-state index in [1.54, 1.807) is 6.20 Å². The molecule has 0 amide bonds. The summed E-state index contributed by atoms with van der Waals surface area (Å²) in [7, 11) is 1.93. The summed E-state index contributed by atoms with van der Waals surface area (Å²) >= 11 is 3.39. The maximum absolute atomic E-state index is 4.13. The molecule has 2 heterocycles. The van der Waals surface area contributed by atoms with Crippen LogP contribution in [-0.2, 0) is 13.5 Å². The zero-order valence-electron chi connectivity index (χ0n) is 9.02. The van der Waals surface area contributed by atoms with E-state index in [4.69, 9.17) is 0 Å². The fourth-order valence-corrected chi connectivity index (χ4v) is 1.83. The summed E-state index contributed by atoms with van der Waals surface area (Å²) in [6, 6.07) is 2.01. The van der Waals surface area contributed by atoms with E-state index in [2.05, 4.69) is 31.3 Å². The number of hydrogen-bond donors (Lipinski definition) is 1. The maximum Gasteiger partial charge on any atom is 0.0538 e. The van der Waals surface area contributed by atoms with Crippen molar-refractivity contribution < 1.29 is 0 Å². The summed E-state index contributed by atoms with van der Waals surface area (Å²) < 4.78 is 2.80. The van der Waals surface area contributed by atoms with Crippen LogP contribution >= 0.6 is 15.9 Å². The lowest BCUT2D eigenvalue weighted by atomic mass is 10.2. The van der Waals surface area contributed by atoms with Gasteiger partial charge in [-0.2, -0.15) is 5.10 Å². The number of aromatic nitrogens is 3. The van der Waals surface area contributed by atoms with Gasteiger partial charge in [-0.3, -0.25) is 9.67 Å². The molecule has 0 atom stereocenters. The molecule has 0 aliphatic rings. The summed E-state index contributed by atoms with van der Waals surface area (Å²) in [4.78, 5) is 4.09. The average Bonchev–Trinajstić information content (AvgIpc) is 2.64. The van der Waals surface area contributed by atoms with Crippen LogP contribution in [0.1, 0.15) is 5.56 Å². The molecule has 2 rings (SSSR count). The summed E-state index contributed by atoms with van der Waals surface area (Å²) in [6.45, 7) is 0.879. The Morgan fingerprint density at radius 1 is 1.38 bits per heavy atom. The number of halogens is 1. The number of nitrogens with zero attached hydrogens (tertiary/aromatic N) is 3. The van der Waals surface area contributed by atoms with Crippen LogP contribution in [-0.4, -0.2) is 21.3 Å². The number of anilines is 1. The van der Waals surface area contributed by atoms with E-state index in [1.165, 1.54) is 5.56 Å². The highest BCUT2D eigenvalue weighted by Crippen LogP contribution is 2.13. The Morgan fingerprint density at radius 3 is 2.94 bits per heavy atom. The predicted molar refractivity (Wildman–Crippen MR) is 67.3 cm³/mol. The van der Waals surface area contributed by atoms with Crippen LogP contribution in [0.25, 0.3) is 0 Å². The Balaban J connectivity index is 1.84. The van der Waals surface area contributed by atoms with Gasteiger partial charge in [-0.1, -0.05) is 0 Å². The summed E-state index contributed by atoms with van der Waals surface area (Å²) in [5, 5.41) is 7.44. The Labute approximate surface area is 103 Å². The second-order valence-electron chi connectivity index (χ2n) is 3.59. The SMILES string of the molecule is Cn1cc(CCNc2cncc(Br)c2)cn1. The van der Waals surface area contributed by atoms with Gasteiger partial charge in [0, 0.05) is 30.5 Å². The molecule has 0 spiro atoms. The molecule has 0 aliphatic heterocycles. The Morgan fingerprint density at radius 2 is 2.25 bits per heavy atom. The lowest BCUT2D eigenvalue weighted by Crippen LogP contribution is -2.04. The maximum atomic E-state index is 4.13. The molecule has 0 bridgehead atoms. The van der Waals surface area contributed by atoms with Crippen LogP contribution in [0.15, 0.2) is 35.3 Å². The van der Waals surface area contributed by atoms with Gasteiger partial charge in [0.25, 0.3) is 0 Å². The first-order valence-electron chi connectivity index (χ1n) is 5.06. The van der Waals surface area contributed by atoms with E-state index < -0.39 is 0 Å². The molecular weight excluding hydrogens is 268 g/mol. The molecule has 2 aromatic rings.